The summed E-state index contributed by atoms with van der Waals surface area (Å²) in [5.74, 6) is -0.385. The van der Waals surface area contributed by atoms with E-state index in [1.54, 1.807) is 12.1 Å². The minimum atomic E-state index is -3.82. The van der Waals surface area contributed by atoms with E-state index in [-0.39, 0.29) is 30.4 Å². The molecule has 0 unspecified atom stereocenters. The van der Waals surface area contributed by atoms with E-state index in [4.69, 9.17) is 9.88 Å². The first-order chi connectivity index (χ1) is 17.8. The molecule has 1 aromatic heterocycles. The highest BCUT2D eigenvalue weighted by Gasteiger charge is 2.23. The van der Waals surface area contributed by atoms with Crippen LogP contribution in [0.4, 0.5) is 4.79 Å². The number of alkyl carbamates (subject to hydrolysis) is 1. The van der Waals surface area contributed by atoms with Crippen molar-refractivity contribution in [3.05, 3.63) is 102 Å². The highest BCUT2D eigenvalue weighted by molar-refractivity contribution is 7.89. The molecular weight excluding hydrogens is 492 g/mol. The predicted molar refractivity (Wildman–Crippen MR) is 140 cm³/mol. The number of amides is 2. The normalized spacial score (nSPS) is 12.1. The first kappa shape index (κ1) is 25.9. The second-order valence-corrected chi connectivity index (χ2v) is 10.1. The maximum absolute atomic E-state index is 13.1. The first-order valence-corrected chi connectivity index (χ1v) is 13.3. The van der Waals surface area contributed by atoms with Crippen molar-refractivity contribution >= 4 is 32.9 Å². The number of H-pyrrole nitrogens is 1. The number of hydrogen-bond donors (Lipinski definition) is 4. The van der Waals surface area contributed by atoms with Gasteiger partial charge in [-0.25, -0.2) is 18.4 Å². The number of carbonyl (C=O) groups excluding carboxylic acids is 2. The Balaban J connectivity index is 1.42. The van der Waals surface area contributed by atoms with Gasteiger partial charge < -0.3 is 20.4 Å². The Kier molecular flexibility index (Phi) is 8.22. The van der Waals surface area contributed by atoms with Crippen molar-refractivity contribution in [2.45, 2.75) is 30.4 Å². The Morgan fingerprint density at radius 2 is 1.68 bits per heavy atom. The van der Waals surface area contributed by atoms with Crippen LogP contribution in [0, 0.1) is 0 Å². The van der Waals surface area contributed by atoms with E-state index in [1.807, 2.05) is 60.8 Å². The van der Waals surface area contributed by atoms with Crippen molar-refractivity contribution in [3.8, 4) is 0 Å². The van der Waals surface area contributed by atoms with E-state index in [0.717, 1.165) is 22.0 Å². The molecule has 0 fully saturated rings. The lowest BCUT2D eigenvalue weighted by atomic mass is 10.0. The molecule has 0 saturated carbocycles. The van der Waals surface area contributed by atoms with Crippen LogP contribution in [-0.2, 0) is 39.0 Å². The number of nitrogens with two attached hydrogens (primary N) is 1. The number of nitrogens with one attached hydrogen (secondary N) is 3. The number of benzene rings is 3. The number of fused-ring (bicyclic) bond motifs is 1. The van der Waals surface area contributed by atoms with Crippen LogP contribution in [0.25, 0.3) is 10.9 Å². The van der Waals surface area contributed by atoms with Crippen LogP contribution in [-0.4, -0.2) is 38.0 Å². The molecule has 3 aromatic carbocycles. The van der Waals surface area contributed by atoms with E-state index in [2.05, 4.69) is 15.6 Å². The van der Waals surface area contributed by atoms with Crippen LogP contribution in [0.1, 0.15) is 16.7 Å². The topological polar surface area (TPSA) is 143 Å². The van der Waals surface area contributed by atoms with Gasteiger partial charge in [0.05, 0.1) is 4.90 Å². The number of rotatable bonds is 10. The largest absolute Gasteiger partial charge is 0.445 e. The van der Waals surface area contributed by atoms with E-state index in [9.17, 15) is 18.0 Å². The highest BCUT2D eigenvalue weighted by Crippen LogP contribution is 2.19. The van der Waals surface area contributed by atoms with Gasteiger partial charge in [-0.3, -0.25) is 4.79 Å². The smallest absolute Gasteiger partial charge is 0.408 e. The summed E-state index contributed by atoms with van der Waals surface area (Å²) in [5.41, 5.74) is 3.34. The zero-order valence-corrected chi connectivity index (χ0v) is 20.8. The molecular formula is C27H28N4O5S. The number of carbonyl (C=O) groups is 2. The quantitative estimate of drug-likeness (QED) is 0.254. The Morgan fingerprint density at radius 1 is 0.946 bits per heavy atom. The third kappa shape index (κ3) is 7.18. The van der Waals surface area contributed by atoms with Crippen molar-refractivity contribution in [3.63, 3.8) is 0 Å². The Labute approximate surface area is 215 Å². The summed E-state index contributed by atoms with van der Waals surface area (Å²) in [7, 11) is -3.82. The number of sulfonamides is 1. The summed E-state index contributed by atoms with van der Waals surface area (Å²) in [6, 6.07) is 22.3. The van der Waals surface area contributed by atoms with Crippen molar-refractivity contribution in [2.75, 3.05) is 6.54 Å². The number of primary sulfonamides is 1. The molecule has 10 heteroatoms. The minimum absolute atomic E-state index is 0.0105. The molecule has 0 aliphatic heterocycles. The molecule has 0 aliphatic rings. The van der Waals surface area contributed by atoms with E-state index in [0.29, 0.717) is 12.0 Å². The number of ether oxygens (including phenoxy) is 1. The molecule has 0 aliphatic carbocycles. The molecule has 1 heterocycles. The fraction of sp³-hybridized carbons (Fsp3) is 0.185. The van der Waals surface area contributed by atoms with Crippen molar-refractivity contribution in [1.82, 2.24) is 15.6 Å². The molecule has 0 spiro atoms. The molecule has 192 valence electrons. The maximum Gasteiger partial charge on any atom is 0.408 e. The summed E-state index contributed by atoms with van der Waals surface area (Å²) in [5, 5.41) is 11.7. The summed E-state index contributed by atoms with van der Waals surface area (Å²) in [4.78, 5) is 28.9. The van der Waals surface area contributed by atoms with Crippen LogP contribution in [0.5, 0.6) is 0 Å². The molecule has 5 N–H and O–H groups in total. The van der Waals surface area contributed by atoms with Crippen LogP contribution < -0.4 is 15.8 Å². The first-order valence-electron chi connectivity index (χ1n) is 11.7. The lowest BCUT2D eigenvalue weighted by Crippen LogP contribution is -2.48. The van der Waals surface area contributed by atoms with Crippen LogP contribution in [0.15, 0.2) is 90.0 Å². The zero-order valence-electron chi connectivity index (χ0n) is 20.0. The standard InChI is InChI=1S/C27H28N4O5S/c28-37(34,35)22-10-6-9-19(15-22)13-14-29-26(32)25(16-21-17-30-24-12-5-4-11-23(21)24)31-27(33)36-18-20-7-2-1-3-8-20/h1-12,15,17,25,30H,13-14,16,18H2,(H,29,32)(H,31,33)(H2,28,34,35)/t25-/m1/s1. The van der Waals surface area contributed by atoms with Crippen LogP contribution in [0.2, 0.25) is 0 Å². The molecule has 1 atom stereocenters. The predicted octanol–water partition coefficient (Wildman–Crippen LogP) is 3.01. The molecule has 9 nitrogen and oxygen atoms in total. The van der Waals surface area contributed by atoms with Gasteiger partial charge in [0.25, 0.3) is 0 Å². The maximum atomic E-state index is 13.1. The third-order valence-electron chi connectivity index (χ3n) is 5.86. The average molecular weight is 521 g/mol. The summed E-state index contributed by atoms with van der Waals surface area (Å²) in [6.45, 7) is 0.312. The van der Waals surface area contributed by atoms with Crippen molar-refractivity contribution in [1.29, 1.82) is 0 Å². The molecule has 4 aromatic rings. The Hall–Kier alpha value is -4.15. The lowest BCUT2D eigenvalue weighted by molar-refractivity contribution is -0.123. The third-order valence-corrected chi connectivity index (χ3v) is 6.77. The number of aromatic amines is 1. The van der Waals surface area contributed by atoms with Crippen LogP contribution in [0.3, 0.4) is 0 Å². The highest BCUT2D eigenvalue weighted by atomic mass is 32.2. The Morgan fingerprint density at radius 3 is 2.46 bits per heavy atom. The Bertz CT molecular complexity index is 1480. The molecule has 37 heavy (non-hydrogen) atoms. The van der Waals surface area contributed by atoms with Gasteiger partial charge in [0.2, 0.25) is 15.9 Å². The minimum Gasteiger partial charge on any atom is -0.445 e. The number of para-hydroxylation sites is 1. The van der Waals surface area contributed by atoms with E-state index >= 15 is 0 Å². The fourth-order valence-corrected chi connectivity index (χ4v) is 4.55. The van der Waals surface area contributed by atoms with Gasteiger partial charge in [0.15, 0.2) is 0 Å². The van der Waals surface area contributed by atoms with Gasteiger partial charge >= 0.3 is 6.09 Å². The second kappa shape index (κ2) is 11.7. The van der Waals surface area contributed by atoms with Gasteiger partial charge in [-0.2, -0.15) is 0 Å². The second-order valence-electron chi connectivity index (χ2n) is 8.56. The summed E-state index contributed by atoms with van der Waals surface area (Å²) in [6.07, 6.45) is 1.75. The average Bonchev–Trinajstić information content (AvgIpc) is 3.30. The zero-order chi connectivity index (χ0) is 26.3. The summed E-state index contributed by atoms with van der Waals surface area (Å²) < 4.78 is 28.5. The van der Waals surface area contributed by atoms with Gasteiger partial charge in [0, 0.05) is 30.1 Å². The molecule has 0 saturated heterocycles. The van der Waals surface area contributed by atoms with Gasteiger partial charge in [-0.1, -0.05) is 60.7 Å². The summed E-state index contributed by atoms with van der Waals surface area (Å²) >= 11 is 0. The molecule has 4 rings (SSSR count). The van der Waals surface area contributed by atoms with Crippen molar-refractivity contribution < 1.29 is 22.7 Å². The number of aromatic nitrogens is 1. The van der Waals surface area contributed by atoms with E-state index < -0.39 is 22.2 Å². The number of hydrogen-bond acceptors (Lipinski definition) is 5. The van der Waals surface area contributed by atoms with Crippen LogP contribution >= 0.6 is 0 Å². The fourth-order valence-electron chi connectivity index (χ4n) is 3.97. The molecule has 0 bridgehead atoms. The monoisotopic (exact) mass is 520 g/mol. The van der Waals surface area contributed by atoms with Gasteiger partial charge in [-0.15, -0.1) is 0 Å². The van der Waals surface area contributed by atoms with Gasteiger partial charge in [-0.05, 0) is 41.3 Å². The van der Waals surface area contributed by atoms with E-state index in [1.165, 1.54) is 12.1 Å². The SMILES string of the molecule is NS(=O)(=O)c1cccc(CCNC(=O)[C@@H](Cc2c[nH]c3ccccc23)NC(=O)OCc2ccccc2)c1. The molecule has 0 radical (unpaired) electrons. The molecule has 2 amide bonds. The lowest BCUT2D eigenvalue weighted by Gasteiger charge is -2.18. The van der Waals surface area contributed by atoms with Gasteiger partial charge in [0.1, 0.15) is 12.6 Å². The van der Waals surface area contributed by atoms with Crippen molar-refractivity contribution in [2.24, 2.45) is 5.14 Å².